The fourth-order valence-electron chi connectivity index (χ4n) is 1.20. The largest absolute Gasteiger partial charge is 0.478 e. The Kier molecular flexibility index (Phi) is 7.42. The van der Waals surface area contributed by atoms with Crippen molar-refractivity contribution in [2.45, 2.75) is 11.8 Å². The van der Waals surface area contributed by atoms with Crippen LogP contribution in [0.1, 0.15) is 6.42 Å². The maximum Gasteiger partial charge on any atom is 0.394 e. The van der Waals surface area contributed by atoms with Crippen molar-refractivity contribution in [1.82, 2.24) is 4.90 Å². The van der Waals surface area contributed by atoms with Crippen LogP contribution in [0.25, 0.3) is 0 Å². The standard InChI is InChI=1S/C7H7NO3S.2H2O4S/c9-5-1-6-8(5)2-4(3-12-6)7(10)11;2*1-5(2,3)4/h2,6H,1,3H2,(H,10,11);2*(H2,1,2,3,4)/t6-;;/m1../s1. The van der Waals surface area contributed by atoms with Gasteiger partial charge in [-0.25, -0.2) is 4.79 Å². The second kappa shape index (κ2) is 7.86. The number of rotatable bonds is 1. The van der Waals surface area contributed by atoms with E-state index < -0.39 is 26.8 Å². The lowest BCUT2D eigenvalue weighted by atomic mass is 10.2. The van der Waals surface area contributed by atoms with E-state index in [1.165, 1.54) is 22.9 Å². The number of amides is 1. The average molecular weight is 381 g/mol. The summed E-state index contributed by atoms with van der Waals surface area (Å²) in [4.78, 5) is 22.9. The van der Waals surface area contributed by atoms with Gasteiger partial charge in [-0.2, -0.15) is 16.8 Å². The summed E-state index contributed by atoms with van der Waals surface area (Å²) >= 11 is 1.51. The van der Waals surface area contributed by atoms with Crippen LogP contribution < -0.4 is 0 Å². The first-order chi connectivity index (χ1) is 9.68. The van der Waals surface area contributed by atoms with E-state index in [9.17, 15) is 9.59 Å². The van der Waals surface area contributed by atoms with E-state index in [4.69, 9.17) is 40.2 Å². The Hall–Kier alpha value is -1.23. The zero-order valence-electron chi connectivity index (χ0n) is 10.4. The minimum Gasteiger partial charge on any atom is -0.478 e. The third-order valence-electron chi connectivity index (χ3n) is 1.95. The molecule has 15 heteroatoms. The smallest absolute Gasteiger partial charge is 0.394 e. The van der Waals surface area contributed by atoms with Gasteiger partial charge < -0.3 is 10.0 Å². The predicted octanol–water partition coefficient (Wildman–Crippen LogP) is -1.05. The summed E-state index contributed by atoms with van der Waals surface area (Å²) in [6, 6.07) is 0. The average Bonchev–Trinajstić information content (AvgIpc) is 2.22. The van der Waals surface area contributed by atoms with E-state index in [-0.39, 0.29) is 11.3 Å². The molecule has 2 rings (SSSR count). The number of nitrogens with zero attached hydrogens (tertiary/aromatic N) is 1. The van der Waals surface area contributed by atoms with E-state index in [0.717, 1.165) is 0 Å². The number of carbonyl (C=O) groups is 2. The molecule has 1 fully saturated rings. The molecule has 5 N–H and O–H groups in total. The van der Waals surface area contributed by atoms with Crippen molar-refractivity contribution in [1.29, 1.82) is 0 Å². The Bertz CT molecular complexity index is 618. The van der Waals surface area contributed by atoms with Crippen molar-refractivity contribution in [2.75, 3.05) is 5.75 Å². The van der Waals surface area contributed by atoms with Gasteiger partial charge in [0.1, 0.15) is 0 Å². The van der Waals surface area contributed by atoms with E-state index >= 15 is 0 Å². The van der Waals surface area contributed by atoms with Crippen molar-refractivity contribution >= 4 is 44.4 Å². The van der Waals surface area contributed by atoms with Crippen LogP contribution in [0.15, 0.2) is 11.8 Å². The highest BCUT2D eigenvalue weighted by molar-refractivity contribution is 8.00. The first-order valence-electron chi connectivity index (χ1n) is 4.95. The Labute approximate surface area is 129 Å². The SMILES string of the molecule is O=C(O)C1=CN2C(=O)C[C@H]2SC1.O=S(=O)(O)O.O=S(=O)(O)O. The third kappa shape index (κ3) is 10.5. The molecule has 2 aliphatic heterocycles. The van der Waals surface area contributed by atoms with Gasteiger partial charge in [0.05, 0.1) is 17.4 Å². The molecule has 128 valence electrons. The molecule has 0 aromatic rings. The highest BCUT2D eigenvalue weighted by Gasteiger charge is 2.38. The number of thioether (sulfide) groups is 1. The lowest BCUT2D eigenvalue weighted by Gasteiger charge is -2.40. The number of hydrogen-bond donors (Lipinski definition) is 5. The lowest BCUT2D eigenvalue weighted by molar-refractivity contribution is -0.137. The Morgan fingerprint density at radius 3 is 1.86 bits per heavy atom. The Balaban J connectivity index is 0.000000372. The molecule has 1 saturated heterocycles. The highest BCUT2D eigenvalue weighted by Crippen LogP contribution is 2.35. The Morgan fingerprint density at radius 1 is 1.14 bits per heavy atom. The summed E-state index contributed by atoms with van der Waals surface area (Å²) in [5, 5.41) is 8.83. The molecule has 1 atom stereocenters. The van der Waals surface area contributed by atoms with Gasteiger partial charge in [0.2, 0.25) is 5.91 Å². The van der Waals surface area contributed by atoms with Crippen LogP contribution in [0.4, 0.5) is 0 Å². The fourth-order valence-corrected chi connectivity index (χ4v) is 2.37. The van der Waals surface area contributed by atoms with Gasteiger partial charge in [-0.3, -0.25) is 23.0 Å². The number of carboxylic acids is 1. The van der Waals surface area contributed by atoms with E-state index in [0.29, 0.717) is 17.7 Å². The molecule has 0 spiro atoms. The number of hydrogen-bond acceptors (Lipinski definition) is 7. The second-order valence-electron chi connectivity index (χ2n) is 3.63. The van der Waals surface area contributed by atoms with Gasteiger partial charge >= 0.3 is 26.8 Å². The van der Waals surface area contributed by atoms with Gasteiger partial charge in [0, 0.05) is 12.0 Å². The molecule has 0 bridgehead atoms. The van der Waals surface area contributed by atoms with E-state index in [1.54, 1.807) is 0 Å². The molecule has 12 nitrogen and oxygen atoms in total. The molecule has 2 heterocycles. The molecule has 1 amide bonds. The lowest BCUT2D eigenvalue weighted by Crippen LogP contribution is -2.49. The summed E-state index contributed by atoms with van der Waals surface area (Å²) in [7, 11) is -9.33. The maximum absolute atomic E-state index is 10.9. The molecular weight excluding hydrogens is 370 g/mol. The predicted molar refractivity (Wildman–Crippen MR) is 71.8 cm³/mol. The Morgan fingerprint density at radius 2 is 1.55 bits per heavy atom. The number of carbonyl (C=O) groups excluding carboxylic acids is 1. The minimum absolute atomic E-state index is 0.0194. The number of fused-ring (bicyclic) bond motifs is 1. The van der Waals surface area contributed by atoms with Gasteiger partial charge in [0.15, 0.2) is 0 Å². The molecule has 2 aliphatic rings. The van der Waals surface area contributed by atoms with Gasteiger partial charge in [-0.05, 0) is 0 Å². The number of β-lactam (4-membered cyclic amide) rings is 1. The van der Waals surface area contributed by atoms with Crippen molar-refractivity contribution in [2.24, 2.45) is 0 Å². The van der Waals surface area contributed by atoms with Crippen LogP contribution in [-0.2, 0) is 30.4 Å². The molecule has 0 aliphatic carbocycles. The van der Waals surface area contributed by atoms with E-state index in [1.807, 2.05) is 0 Å². The normalized spacial score (nSPS) is 20.2. The van der Waals surface area contributed by atoms with E-state index in [2.05, 4.69) is 0 Å². The van der Waals surface area contributed by atoms with Crippen LogP contribution in [0.3, 0.4) is 0 Å². The molecule has 22 heavy (non-hydrogen) atoms. The summed E-state index contributed by atoms with van der Waals surface area (Å²) in [6.45, 7) is 0. The first kappa shape index (κ1) is 20.8. The van der Waals surface area contributed by atoms with Crippen LogP contribution in [0.5, 0.6) is 0 Å². The summed E-state index contributed by atoms with van der Waals surface area (Å²) < 4.78 is 63.2. The van der Waals surface area contributed by atoms with Crippen LogP contribution in [0, 0.1) is 0 Å². The minimum atomic E-state index is -4.67. The zero-order chi connectivity index (χ0) is 17.7. The van der Waals surface area contributed by atoms with Crippen molar-refractivity contribution in [3.63, 3.8) is 0 Å². The second-order valence-corrected chi connectivity index (χ2v) is 6.58. The summed E-state index contributed by atoms with van der Waals surface area (Å²) in [5.74, 6) is -0.407. The van der Waals surface area contributed by atoms with Gasteiger partial charge in [0.25, 0.3) is 0 Å². The van der Waals surface area contributed by atoms with Crippen LogP contribution >= 0.6 is 11.8 Å². The molecule has 0 unspecified atom stereocenters. The molecular formula is C7H11NO11S3. The van der Waals surface area contributed by atoms with Crippen LogP contribution in [0.2, 0.25) is 0 Å². The number of carboxylic acid groups (broad SMARTS) is 1. The van der Waals surface area contributed by atoms with Crippen molar-refractivity contribution < 1.29 is 49.7 Å². The monoisotopic (exact) mass is 381 g/mol. The first-order valence-corrected chi connectivity index (χ1v) is 8.79. The fraction of sp³-hybridized carbons (Fsp3) is 0.429. The van der Waals surface area contributed by atoms with Gasteiger partial charge in [-0.1, -0.05) is 0 Å². The van der Waals surface area contributed by atoms with Crippen molar-refractivity contribution in [3.8, 4) is 0 Å². The summed E-state index contributed by atoms with van der Waals surface area (Å²) in [6.07, 6.45) is 2.00. The molecule has 0 aromatic carbocycles. The quantitative estimate of drug-likeness (QED) is 0.272. The van der Waals surface area contributed by atoms with Crippen LogP contribution in [-0.4, -0.2) is 68.1 Å². The maximum atomic E-state index is 10.9. The molecule has 0 saturated carbocycles. The molecule has 0 radical (unpaired) electrons. The topological polar surface area (TPSA) is 207 Å². The van der Waals surface area contributed by atoms with Gasteiger partial charge in [-0.15, -0.1) is 11.8 Å². The van der Waals surface area contributed by atoms with Crippen molar-refractivity contribution in [3.05, 3.63) is 11.8 Å². The zero-order valence-corrected chi connectivity index (χ0v) is 12.9. The number of aliphatic carboxylic acids is 1. The highest BCUT2D eigenvalue weighted by atomic mass is 32.3. The summed E-state index contributed by atoms with van der Waals surface area (Å²) in [5.41, 5.74) is 0.310. The molecule has 0 aromatic heterocycles. The third-order valence-corrected chi connectivity index (χ3v) is 3.20.